The zero-order valence-electron chi connectivity index (χ0n) is 20.7. The molecule has 5 rings (SSSR count). The number of fused-ring (bicyclic) bond motifs is 1. The number of aromatic carboxylic acids is 1. The summed E-state index contributed by atoms with van der Waals surface area (Å²) < 4.78 is 2.97. The summed E-state index contributed by atoms with van der Waals surface area (Å²) >= 11 is 2.20. The van der Waals surface area contributed by atoms with Crippen LogP contribution in [0.2, 0.25) is 0 Å². The van der Waals surface area contributed by atoms with Gasteiger partial charge in [-0.15, -0.1) is 0 Å². The molecular formula is C29H32IN5O2. The summed E-state index contributed by atoms with van der Waals surface area (Å²) in [4.78, 5) is 16.5. The van der Waals surface area contributed by atoms with E-state index in [1.165, 1.54) is 19.3 Å². The van der Waals surface area contributed by atoms with E-state index in [2.05, 4.69) is 56.7 Å². The summed E-state index contributed by atoms with van der Waals surface area (Å²) in [6.07, 6.45) is 5.89. The number of nitrogens with two attached hydrogens (primary N) is 2. The Balaban J connectivity index is 1.44. The number of imidazole rings is 1. The lowest BCUT2D eigenvalue weighted by molar-refractivity contribution is 0.0697. The molecule has 1 heterocycles. The number of hydrogen-bond donors (Lipinski definition) is 4. The second kappa shape index (κ2) is 10.8. The van der Waals surface area contributed by atoms with E-state index in [0.717, 1.165) is 52.1 Å². The average molecular weight is 610 g/mol. The molecule has 0 amide bonds. The molecule has 6 N–H and O–H groups in total. The van der Waals surface area contributed by atoms with Gasteiger partial charge in [0.2, 0.25) is 0 Å². The number of hydrogen-bond acceptors (Lipinski definition) is 5. The fraction of sp³-hybridized carbons (Fsp3) is 0.310. The topological polar surface area (TPSA) is 119 Å². The van der Waals surface area contributed by atoms with Gasteiger partial charge in [0.05, 0.1) is 22.3 Å². The molecule has 1 aliphatic carbocycles. The second-order valence-corrected chi connectivity index (χ2v) is 10.7. The van der Waals surface area contributed by atoms with Gasteiger partial charge in [-0.3, -0.25) is 0 Å². The lowest BCUT2D eigenvalue weighted by atomic mass is 9.94. The molecule has 0 aliphatic heterocycles. The number of carbonyl (C=O) groups is 1. The highest BCUT2D eigenvalue weighted by molar-refractivity contribution is 14.1. The minimum Gasteiger partial charge on any atom is -0.478 e. The van der Waals surface area contributed by atoms with Crippen LogP contribution in [-0.4, -0.2) is 25.1 Å². The third-order valence-electron chi connectivity index (χ3n) is 7.20. The lowest BCUT2D eigenvalue weighted by Gasteiger charge is -2.25. The van der Waals surface area contributed by atoms with E-state index >= 15 is 0 Å². The normalized spacial score (nSPS) is 14.7. The summed E-state index contributed by atoms with van der Waals surface area (Å²) in [7, 11) is 0. The molecular weight excluding hydrogens is 577 g/mol. The molecule has 1 saturated carbocycles. The Labute approximate surface area is 230 Å². The summed E-state index contributed by atoms with van der Waals surface area (Å²) in [5, 5.41) is 13.0. The maximum atomic E-state index is 11.6. The SMILES string of the molecule is NC(N)(CI)c1ccc(NCc2cccc(-c3nc4cc(C(=O)O)ccc4n3C3CCCCC3)c2)cc1. The Morgan fingerprint density at radius 1 is 1.05 bits per heavy atom. The summed E-state index contributed by atoms with van der Waals surface area (Å²) in [6.45, 7) is 0.655. The largest absolute Gasteiger partial charge is 0.478 e. The zero-order chi connectivity index (χ0) is 26.0. The van der Waals surface area contributed by atoms with Crippen molar-refractivity contribution >= 4 is 45.3 Å². The fourth-order valence-corrected chi connectivity index (χ4v) is 5.58. The van der Waals surface area contributed by atoms with Gasteiger partial charge in [-0.05, 0) is 60.4 Å². The van der Waals surface area contributed by atoms with E-state index < -0.39 is 11.6 Å². The van der Waals surface area contributed by atoms with Gasteiger partial charge in [0.25, 0.3) is 0 Å². The third-order valence-corrected chi connectivity index (χ3v) is 8.46. The number of nitrogens with one attached hydrogen (secondary N) is 1. The molecule has 7 nitrogen and oxygen atoms in total. The standard InChI is InChI=1S/C29H32IN5O2/c30-18-29(31,32)22-10-12-23(13-11-22)33-17-19-5-4-6-20(15-19)27-34-25-16-21(28(36)37)9-14-26(25)35(27)24-7-2-1-3-8-24/h4-6,9-16,24,33H,1-3,7-8,17-18,31-32H2,(H,36,37). The Morgan fingerprint density at radius 3 is 2.51 bits per heavy atom. The van der Waals surface area contributed by atoms with Crippen LogP contribution in [0.25, 0.3) is 22.4 Å². The molecule has 0 unspecified atom stereocenters. The van der Waals surface area contributed by atoms with Crippen LogP contribution in [0.15, 0.2) is 66.7 Å². The van der Waals surface area contributed by atoms with E-state index in [9.17, 15) is 9.90 Å². The summed E-state index contributed by atoms with van der Waals surface area (Å²) in [5.41, 5.74) is 17.5. The van der Waals surface area contributed by atoms with Gasteiger partial charge in [0.15, 0.2) is 0 Å². The van der Waals surface area contributed by atoms with Crippen molar-refractivity contribution < 1.29 is 9.90 Å². The van der Waals surface area contributed by atoms with Crippen molar-refractivity contribution in [3.05, 3.63) is 83.4 Å². The Bertz CT molecular complexity index is 1410. The van der Waals surface area contributed by atoms with Gasteiger partial charge in [0.1, 0.15) is 5.82 Å². The molecule has 0 spiro atoms. The molecule has 1 aliphatic rings. The van der Waals surface area contributed by atoms with E-state index in [1.54, 1.807) is 12.1 Å². The van der Waals surface area contributed by atoms with Gasteiger partial charge in [-0.2, -0.15) is 0 Å². The molecule has 0 bridgehead atoms. The molecule has 37 heavy (non-hydrogen) atoms. The van der Waals surface area contributed by atoms with Gasteiger partial charge in [0, 0.05) is 28.3 Å². The first kappa shape index (κ1) is 25.7. The predicted octanol–water partition coefficient (Wildman–Crippen LogP) is 6.02. The number of benzene rings is 3. The lowest BCUT2D eigenvalue weighted by Crippen LogP contribution is -2.47. The minimum atomic E-state index is -0.935. The highest BCUT2D eigenvalue weighted by Gasteiger charge is 2.23. The van der Waals surface area contributed by atoms with Crippen molar-refractivity contribution in [3.8, 4) is 11.4 Å². The number of nitrogens with zero attached hydrogens (tertiary/aromatic N) is 2. The van der Waals surface area contributed by atoms with E-state index in [-0.39, 0.29) is 5.56 Å². The molecule has 1 fully saturated rings. The van der Waals surface area contributed by atoms with Crippen molar-refractivity contribution in [2.45, 2.75) is 50.4 Å². The molecule has 0 atom stereocenters. The van der Waals surface area contributed by atoms with Gasteiger partial charge < -0.3 is 26.5 Å². The van der Waals surface area contributed by atoms with E-state index in [0.29, 0.717) is 17.0 Å². The smallest absolute Gasteiger partial charge is 0.335 e. The van der Waals surface area contributed by atoms with Crippen molar-refractivity contribution in [1.29, 1.82) is 0 Å². The first-order chi connectivity index (χ1) is 17.9. The number of aromatic nitrogens is 2. The van der Waals surface area contributed by atoms with Crippen LogP contribution < -0.4 is 16.8 Å². The molecule has 0 saturated heterocycles. The Morgan fingerprint density at radius 2 is 1.81 bits per heavy atom. The summed E-state index contributed by atoms with van der Waals surface area (Å²) in [5.74, 6) is -0.0358. The maximum Gasteiger partial charge on any atom is 0.335 e. The number of anilines is 1. The van der Waals surface area contributed by atoms with Crippen LogP contribution in [-0.2, 0) is 12.2 Å². The molecule has 0 radical (unpaired) electrons. The van der Waals surface area contributed by atoms with Crippen LogP contribution in [0.5, 0.6) is 0 Å². The number of rotatable bonds is 8. The van der Waals surface area contributed by atoms with Crippen LogP contribution in [0.4, 0.5) is 5.69 Å². The predicted molar refractivity (Wildman–Crippen MR) is 157 cm³/mol. The maximum absolute atomic E-state index is 11.6. The van der Waals surface area contributed by atoms with E-state index in [4.69, 9.17) is 16.5 Å². The number of carboxylic acid groups (broad SMARTS) is 1. The quantitative estimate of drug-likeness (QED) is 0.110. The molecule has 8 heteroatoms. The Hall–Kier alpha value is -2.95. The van der Waals surface area contributed by atoms with Crippen molar-refractivity contribution in [3.63, 3.8) is 0 Å². The van der Waals surface area contributed by atoms with E-state index in [1.807, 2.05) is 30.3 Å². The third kappa shape index (κ3) is 5.51. The second-order valence-electron chi connectivity index (χ2n) is 9.91. The van der Waals surface area contributed by atoms with Gasteiger partial charge >= 0.3 is 5.97 Å². The van der Waals surface area contributed by atoms with Crippen molar-refractivity contribution in [2.75, 3.05) is 9.74 Å². The number of halogens is 1. The first-order valence-corrected chi connectivity index (χ1v) is 14.2. The highest BCUT2D eigenvalue weighted by Crippen LogP contribution is 2.36. The molecule has 4 aromatic rings. The molecule has 192 valence electrons. The minimum absolute atomic E-state index is 0.260. The molecule has 3 aromatic carbocycles. The number of alkyl halides is 1. The van der Waals surface area contributed by atoms with Crippen molar-refractivity contribution in [1.82, 2.24) is 9.55 Å². The van der Waals surface area contributed by atoms with Crippen molar-refractivity contribution in [2.24, 2.45) is 11.5 Å². The monoisotopic (exact) mass is 609 g/mol. The Kier molecular flexibility index (Phi) is 7.50. The fourth-order valence-electron chi connectivity index (χ4n) is 5.14. The highest BCUT2D eigenvalue weighted by atomic mass is 127. The number of carboxylic acids is 1. The molecule has 1 aromatic heterocycles. The first-order valence-electron chi connectivity index (χ1n) is 12.7. The summed E-state index contributed by atoms with van der Waals surface area (Å²) in [6, 6.07) is 22.0. The zero-order valence-corrected chi connectivity index (χ0v) is 22.8. The van der Waals surface area contributed by atoms with Gasteiger partial charge in [-0.1, -0.05) is 72.2 Å². The van der Waals surface area contributed by atoms with Crippen LogP contribution >= 0.6 is 22.6 Å². The van der Waals surface area contributed by atoms with Crippen LogP contribution in [0.1, 0.15) is 59.6 Å². The van der Waals surface area contributed by atoms with Crippen LogP contribution in [0.3, 0.4) is 0 Å². The average Bonchev–Trinajstić information content (AvgIpc) is 3.32. The van der Waals surface area contributed by atoms with Crippen LogP contribution in [0, 0.1) is 0 Å². The van der Waals surface area contributed by atoms with Gasteiger partial charge in [-0.25, -0.2) is 9.78 Å².